The first-order valence-corrected chi connectivity index (χ1v) is 6.19. The molecule has 1 N–H and O–H groups in total. The van der Waals surface area contributed by atoms with Gasteiger partial charge in [-0.25, -0.2) is 0 Å². The Morgan fingerprint density at radius 3 is 2.47 bits per heavy atom. The maximum atomic E-state index is 6.06. The summed E-state index contributed by atoms with van der Waals surface area (Å²) in [5, 5.41) is 4.74. The third-order valence-corrected chi connectivity index (χ3v) is 3.42. The number of nitrogens with zero attached hydrogens (tertiary/aromatic N) is 1. The van der Waals surface area contributed by atoms with Gasteiger partial charge in [-0.2, -0.15) is 0 Å². The minimum Gasteiger partial charge on any atom is -0.380 e. The Morgan fingerprint density at radius 2 is 1.82 bits per heavy atom. The molecule has 0 spiro atoms. The molecule has 17 heavy (non-hydrogen) atoms. The highest BCUT2D eigenvalue weighted by Gasteiger charge is 2.05. The number of nitrogens with one attached hydrogen (secondary N) is 1. The number of hydrogen-bond acceptors (Lipinski definition) is 1. The van der Waals surface area contributed by atoms with Crippen molar-refractivity contribution in [3.05, 3.63) is 51.2 Å². The molecule has 0 bridgehead atoms. The van der Waals surface area contributed by atoms with Gasteiger partial charge in [-0.1, -0.05) is 34.8 Å². The van der Waals surface area contributed by atoms with E-state index in [1.807, 2.05) is 30.1 Å². The minimum atomic E-state index is 0.460. The lowest BCUT2D eigenvalue weighted by Gasteiger charge is -2.08. The number of rotatable bonds is 3. The van der Waals surface area contributed by atoms with Gasteiger partial charge in [0, 0.05) is 26.0 Å². The maximum Gasteiger partial charge on any atom is 0.0653 e. The van der Waals surface area contributed by atoms with Crippen LogP contribution in [0.25, 0.3) is 0 Å². The lowest BCUT2D eigenvalue weighted by molar-refractivity contribution is 0.920. The van der Waals surface area contributed by atoms with Gasteiger partial charge in [0.05, 0.1) is 20.8 Å². The molecule has 0 unspecified atom stereocenters. The number of halogens is 3. The molecular weight excluding hydrogens is 279 g/mol. The summed E-state index contributed by atoms with van der Waals surface area (Å²) >= 11 is 17.9. The molecule has 0 amide bonds. The van der Waals surface area contributed by atoms with Gasteiger partial charge in [0.25, 0.3) is 0 Å². The van der Waals surface area contributed by atoms with E-state index < -0.39 is 0 Å². The molecule has 0 aliphatic rings. The second kappa shape index (κ2) is 5.21. The fourth-order valence-electron chi connectivity index (χ4n) is 1.52. The van der Waals surface area contributed by atoms with Crippen molar-refractivity contribution in [2.24, 2.45) is 7.05 Å². The fourth-order valence-corrected chi connectivity index (χ4v) is 2.13. The number of aromatic nitrogens is 1. The van der Waals surface area contributed by atoms with Crippen LogP contribution in [0.3, 0.4) is 0 Å². The Balaban J connectivity index is 2.11. The quantitative estimate of drug-likeness (QED) is 0.817. The molecule has 2 nitrogen and oxygen atoms in total. The number of aryl methyl sites for hydroxylation is 1. The third-order valence-electron chi connectivity index (χ3n) is 2.39. The third kappa shape index (κ3) is 3.09. The molecule has 0 saturated carbocycles. The van der Waals surface area contributed by atoms with Gasteiger partial charge in [0.15, 0.2) is 0 Å². The van der Waals surface area contributed by atoms with Crippen LogP contribution in [0.2, 0.25) is 15.1 Å². The topological polar surface area (TPSA) is 17.0 Å². The van der Waals surface area contributed by atoms with E-state index in [-0.39, 0.29) is 0 Å². The van der Waals surface area contributed by atoms with E-state index in [9.17, 15) is 0 Å². The smallest absolute Gasteiger partial charge is 0.0653 e. The van der Waals surface area contributed by atoms with Gasteiger partial charge in [-0.3, -0.25) is 0 Å². The van der Waals surface area contributed by atoms with Crippen molar-refractivity contribution in [2.45, 2.75) is 6.54 Å². The second-order valence-corrected chi connectivity index (χ2v) is 5.01. The first-order chi connectivity index (χ1) is 8.06. The SMILES string of the molecule is Cn1ccc(CNc2cc(Cl)c(Cl)cc2Cl)c1. The highest BCUT2D eigenvalue weighted by atomic mass is 35.5. The molecular formula is C12H11Cl3N2. The van der Waals surface area contributed by atoms with Crippen molar-refractivity contribution in [1.29, 1.82) is 0 Å². The summed E-state index contributed by atoms with van der Waals surface area (Å²) in [5.41, 5.74) is 1.96. The molecule has 0 atom stereocenters. The Morgan fingerprint density at radius 1 is 1.12 bits per heavy atom. The van der Waals surface area contributed by atoms with E-state index in [2.05, 4.69) is 5.32 Å². The van der Waals surface area contributed by atoms with E-state index >= 15 is 0 Å². The average molecular weight is 290 g/mol. The van der Waals surface area contributed by atoms with Crippen LogP contribution >= 0.6 is 34.8 Å². The van der Waals surface area contributed by atoms with Gasteiger partial charge in [-0.05, 0) is 23.8 Å². The molecule has 0 aliphatic heterocycles. The molecule has 2 aromatic rings. The van der Waals surface area contributed by atoms with Crippen LogP contribution in [0.4, 0.5) is 5.69 Å². The van der Waals surface area contributed by atoms with Crippen molar-refractivity contribution >= 4 is 40.5 Å². The monoisotopic (exact) mass is 288 g/mol. The highest BCUT2D eigenvalue weighted by Crippen LogP contribution is 2.32. The number of benzene rings is 1. The van der Waals surface area contributed by atoms with Gasteiger partial charge >= 0.3 is 0 Å². The Labute approximate surface area is 115 Å². The first-order valence-electron chi connectivity index (χ1n) is 5.05. The van der Waals surface area contributed by atoms with Crippen LogP contribution in [0.1, 0.15) is 5.56 Å². The number of hydrogen-bond donors (Lipinski definition) is 1. The Bertz CT molecular complexity index is 535. The lowest BCUT2D eigenvalue weighted by Crippen LogP contribution is -1.99. The Hall–Kier alpha value is -0.830. The molecule has 2 rings (SSSR count). The van der Waals surface area contributed by atoms with Crippen LogP contribution in [-0.2, 0) is 13.6 Å². The lowest BCUT2D eigenvalue weighted by atomic mass is 10.3. The van der Waals surface area contributed by atoms with E-state index in [4.69, 9.17) is 34.8 Å². The van der Waals surface area contributed by atoms with Crippen LogP contribution in [-0.4, -0.2) is 4.57 Å². The molecule has 1 aromatic carbocycles. The van der Waals surface area contributed by atoms with Gasteiger partial charge in [0.1, 0.15) is 0 Å². The van der Waals surface area contributed by atoms with Crippen molar-refractivity contribution < 1.29 is 0 Å². The summed E-state index contributed by atoms with van der Waals surface area (Å²) < 4.78 is 1.99. The normalized spacial score (nSPS) is 10.6. The summed E-state index contributed by atoms with van der Waals surface area (Å²) in [5.74, 6) is 0. The molecule has 0 radical (unpaired) electrons. The van der Waals surface area contributed by atoms with Crippen LogP contribution in [0.5, 0.6) is 0 Å². The number of anilines is 1. The summed E-state index contributed by atoms with van der Waals surface area (Å²) in [6, 6.07) is 5.41. The minimum absolute atomic E-state index is 0.460. The van der Waals surface area contributed by atoms with E-state index in [0.29, 0.717) is 21.6 Å². The van der Waals surface area contributed by atoms with Crippen molar-refractivity contribution in [1.82, 2.24) is 4.57 Å². The first kappa shape index (κ1) is 12.6. The molecule has 90 valence electrons. The largest absolute Gasteiger partial charge is 0.380 e. The molecule has 1 aromatic heterocycles. The highest BCUT2D eigenvalue weighted by molar-refractivity contribution is 6.44. The predicted molar refractivity (Wildman–Crippen MR) is 74.2 cm³/mol. The molecule has 5 heteroatoms. The van der Waals surface area contributed by atoms with Crippen molar-refractivity contribution in [2.75, 3.05) is 5.32 Å². The van der Waals surface area contributed by atoms with E-state index in [1.54, 1.807) is 12.1 Å². The summed E-state index contributed by atoms with van der Waals surface area (Å²) in [7, 11) is 1.98. The standard InChI is InChI=1S/C12H11Cl3N2/c1-17-3-2-8(7-17)6-16-12-5-10(14)9(13)4-11(12)15/h2-5,7,16H,6H2,1H3. The zero-order chi connectivity index (χ0) is 12.4. The fraction of sp³-hybridized carbons (Fsp3) is 0.167. The summed E-state index contributed by atoms with van der Waals surface area (Å²) in [4.78, 5) is 0. The van der Waals surface area contributed by atoms with Gasteiger partial charge in [-0.15, -0.1) is 0 Å². The van der Waals surface area contributed by atoms with E-state index in [1.165, 1.54) is 5.56 Å². The van der Waals surface area contributed by atoms with Gasteiger partial charge in [0.2, 0.25) is 0 Å². The van der Waals surface area contributed by atoms with Crippen LogP contribution in [0, 0.1) is 0 Å². The van der Waals surface area contributed by atoms with E-state index in [0.717, 1.165) is 5.69 Å². The van der Waals surface area contributed by atoms with Gasteiger partial charge < -0.3 is 9.88 Å². The molecule has 1 heterocycles. The van der Waals surface area contributed by atoms with Crippen molar-refractivity contribution in [3.63, 3.8) is 0 Å². The predicted octanol–water partition coefficient (Wildman–Crippen LogP) is 4.60. The molecule has 0 fully saturated rings. The second-order valence-electron chi connectivity index (χ2n) is 3.78. The van der Waals surface area contributed by atoms with Crippen LogP contribution < -0.4 is 5.32 Å². The summed E-state index contributed by atoms with van der Waals surface area (Å²) in [6.45, 7) is 0.693. The van der Waals surface area contributed by atoms with Crippen molar-refractivity contribution in [3.8, 4) is 0 Å². The molecule has 0 saturated heterocycles. The summed E-state index contributed by atoms with van der Waals surface area (Å²) in [6.07, 6.45) is 4.03. The Kier molecular flexibility index (Phi) is 3.87. The zero-order valence-electron chi connectivity index (χ0n) is 9.17. The average Bonchev–Trinajstić information content (AvgIpc) is 2.68. The zero-order valence-corrected chi connectivity index (χ0v) is 11.4. The van der Waals surface area contributed by atoms with Crippen LogP contribution in [0.15, 0.2) is 30.6 Å². The molecule has 0 aliphatic carbocycles. The maximum absolute atomic E-state index is 6.06.